The standard InChI is InChI=1S/C17H21N3O3S/c1-20-11-9-15(10-12-20)23-17-8-7-14(13-18-17)19-24(21,22)16-5-3-2-4-6-16/h2-8,13,15,19H,9-12H2,1H3. The van der Waals surface area contributed by atoms with E-state index in [-0.39, 0.29) is 11.0 Å². The fraction of sp³-hybridized carbons (Fsp3) is 0.353. The van der Waals surface area contributed by atoms with Gasteiger partial charge >= 0.3 is 0 Å². The Bertz CT molecular complexity index is 755. The highest BCUT2D eigenvalue weighted by molar-refractivity contribution is 7.92. The molecule has 6 nitrogen and oxygen atoms in total. The molecule has 0 spiro atoms. The van der Waals surface area contributed by atoms with Gasteiger partial charge in [0.15, 0.2) is 0 Å². The molecular weight excluding hydrogens is 326 g/mol. The first kappa shape index (κ1) is 16.7. The molecule has 7 heteroatoms. The largest absolute Gasteiger partial charge is 0.474 e. The third-order valence-electron chi connectivity index (χ3n) is 4.00. The van der Waals surface area contributed by atoms with Crippen molar-refractivity contribution < 1.29 is 13.2 Å². The van der Waals surface area contributed by atoms with Gasteiger partial charge < -0.3 is 9.64 Å². The van der Waals surface area contributed by atoms with Gasteiger partial charge in [-0.3, -0.25) is 4.72 Å². The highest BCUT2D eigenvalue weighted by Crippen LogP contribution is 2.20. The van der Waals surface area contributed by atoms with Crippen LogP contribution in [0.5, 0.6) is 5.88 Å². The van der Waals surface area contributed by atoms with Crippen molar-refractivity contribution in [1.82, 2.24) is 9.88 Å². The number of anilines is 1. The Labute approximate surface area is 142 Å². The van der Waals surface area contributed by atoms with E-state index in [9.17, 15) is 8.42 Å². The molecule has 1 N–H and O–H groups in total. The molecule has 0 unspecified atom stereocenters. The Morgan fingerprint density at radius 3 is 2.46 bits per heavy atom. The lowest BCUT2D eigenvalue weighted by molar-refractivity contribution is 0.110. The first-order valence-corrected chi connectivity index (χ1v) is 9.40. The van der Waals surface area contributed by atoms with Gasteiger partial charge in [-0.2, -0.15) is 0 Å². The average molecular weight is 347 g/mol. The number of rotatable bonds is 5. The molecule has 1 fully saturated rings. The predicted molar refractivity (Wildman–Crippen MR) is 92.6 cm³/mol. The van der Waals surface area contributed by atoms with Gasteiger partial charge in [0.25, 0.3) is 10.0 Å². The number of ether oxygens (including phenoxy) is 1. The molecule has 0 radical (unpaired) electrons. The molecule has 0 amide bonds. The fourth-order valence-corrected chi connectivity index (χ4v) is 3.66. The average Bonchev–Trinajstić information content (AvgIpc) is 2.59. The molecular formula is C17H21N3O3S. The molecule has 1 aliphatic rings. The second kappa shape index (κ2) is 7.19. The monoisotopic (exact) mass is 347 g/mol. The summed E-state index contributed by atoms with van der Waals surface area (Å²) in [4.78, 5) is 6.70. The zero-order chi connectivity index (χ0) is 17.0. The van der Waals surface area contributed by atoms with Gasteiger partial charge in [0.2, 0.25) is 5.88 Å². The van der Waals surface area contributed by atoms with Gasteiger partial charge in [-0.25, -0.2) is 13.4 Å². The lowest BCUT2D eigenvalue weighted by Crippen LogP contribution is -2.35. The summed E-state index contributed by atoms with van der Waals surface area (Å²) in [5.74, 6) is 0.521. The maximum atomic E-state index is 12.3. The topological polar surface area (TPSA) is 71.5 Å². The predicted octanol–water partition coefficient (Wildman–Crippen LogP) is 2.36. The van der Waals surface area contributed by atoms with E-state index < -0.39 is 10.0 Å². The number of likely N-dealkylation sites (tertiary alicyclic amines) is 1. The molecule has 2 aromatic rings. The number of sulfonamides is 1. The van der Waals surface area contributed by atoms with Gasteiger partial charge in [-0.1, -0.05) is 18.2 Å². The van der Waals surface area contributed by atoms with E-state index in [1.54, 1.807) is 42.5 Å². The van der Waals surface area contributed by atoms with Crippen LogP contribution in [0.3, 0.4) is 0 Å². The Hall–Kier alpha value is -2.12. The van der Waals surface area contributed by atoms with Crippen molar-refractivity contribution in [2.24, 2.45) is 0 Å². The van der Waals surface area contributed by atoms with Gasteiger partial charge in [-0.05, 0) is 38.1 Å². The van der Waals surface area contributed by atoms with E-state index in [0.29, 0.717) is 11.6 Å². The summed E-state index contributed by atoms with van der Waals surface area (Å²) in [6.45, 7) is 2.03. The zero-order valence-electron chi connectivity index (χ0n) is 13.6. The molecule has 3 rings (SSSR count). The zero-order valence-corrected chi connectivity index (χ0v) is 14.4. The number of benzene rings is 1. The summed E-state index contributed by atoms with van der Waals surface area (Å²) >= 11 is 0. The van der Waals surface area contributed by atoms with E-state index in [4.69, 9.17) is 4.74 Å². The summed E-state index contributed by atoms with van der Waals surface area (Å²) < 4.78 is 32.9. The number of piperidine rings is 1. The van der Waals surface area contributed by atoms with Crippen molar-refractivity contribution in [3.05, 3.63) is 48.7 Å². The van der Waals surface area contributed by atoms with Gasteiger partial charge in [0.05, 0.1) is 16.8 Å². The van der Waals surface area contributed by atoms with Crippen LogP contribution in [0.15, 0.2) is 53.6 Å². The highest BCUT2D eigenvalue weighted by atomic mass is 32.2. The van der Waals surface area contributed by atoms with E-state index in [0.717, 1.165) is 25.9 Å². The summed E-state index contributed by atoms with van der Waals surface area (Å²) in [7, 11) is -1.50. The maximum Gasteiger partial charge on any atom is 0.261 e. The van der Waals surface area contributed by atoms with Crippen LogP contribution in [0.2, 0.25) is 0 Å². The minimum Gasteiger partial charge on any atom is -0.474 e. The second-order valence-electron chi connectivity index (χ2n) is 5.92. The van der Waals surface area contributed by atoms with Crippen LogP contribution < -0.4 is 9.46 Å². The Morgan fingerprint density at radius 2 is 1.83 bits per heavy atom. The minimum atomic E-state index is -3.60. The van der Waals surface area contributed by atoms with Crippen LogP contribution in [0, 0.1) is 0 Å². The molecule has 0 saturated carbocycles. The summed E-state index contributed by atoms with van der Waals surface area (Å²) in [6.07, 6.45) is 3.59. The van der Waals surface area contributed by atoms with E-state index in [1.165, 1.54) is 6.20 Å². The van der Waals surface area contributed by atoms with Crippen molar-refractivity contribution in [2.75, 3.05) is 24.9 Å². The second-order valence-corrected chi connectivity index (χ2v) is 7.61. The SMILES string of the molecule is CN1CCC(Oc2ccc(NS(=O)(=O)c3ccccc3)cn2)CC1. The number of hydrogen-bond acceptors (Lipinski definition) is 5. The fourth-order valence-electron chi connectivity index (χ4n) is 2.60. The normalized spacial score (nSPS) is 16.7. The Kier molecular flexibility index (Phi) is 5.01. The van der Waals surface area contributed by atoms with Crippen molar-refractivity contribution in [1.29, 1.82) is 0 Å². The number of nitrogens with zero attached hydrogens (tertiary/aromatic N) is 2. The van der Waals surface area contributed by atoms with Gasteiger partial charge in [0, 0.05) is 19.2 Å². The minimum absolute atomic E-state index is 0.167. The molecule has 1 aromatic carbocycles. The van der Waals surface area contributed by atoms with Crippen LogP contribution in [0.1, 0.15) is 12.8 Å². The summed E-state index contributed by atoms with van der Waals surface area (Å²) in [6, 6.07) is 11.6. The Morgan fingerprint density at radius 1 is 1.12 bits per heavy atom. The van der Waals surface area contributed by atoms with Crippen LogP contribution in [-0.2, 0) is 10.0 Å². The number of nitrogens with one attached hydrogen (secondary N) is 1. The molecule has 2 heterocycles. The molecule has 1 aliphatic heterocycles. The van der Waals surface area contributed by atoms with Crippen LogP contribution >= 0.6 is 0 Å². The quantitative estimate of drug-likeness (QED) is 0.899. The lowest BCUT2D eigenvalue weighted by Gasteiger charge is -2.28. The van der Waals surface area contributed by atoms with Crippen LogP contribution in [0.25, 0.3) is 0 Å². The molecule has 24 heavy (non-hydrogen) atoms. The maximum absolute atomic E-state index is 12.3. The first-order valence-electron chi connectivity index (χ1n) is 7.92. The smallest absolute Gasteiger partial charge is 0.261 e. The highest BCUT2D eigenvalue weighted by Gasteiger charge is 2.18. The Balaban J connectivity index is 1.62. The molecule has 1 saturated heterocycles. The van der Waals surface area contributed by atoms with Gasteiger partial charge in [0.1, 0.15) is 6.10 Å². The number of aromatic nitrogens is 1. The van der Waals surface area contributed by atoms with E-state index >= 15 is 0 Å². The van der Waals surface area contributed by atoms with Crippen LogP contribution in [0.4, 0.5) is 5.69 Å². The van der Waals surface area contributed by atoms with Crippen molar-refractivity contribution in [3.8, 4) is 5.88 Å². The molecule has 128 valence electrons. The molecule has 0 aliphatic carbocycles. The third kappa shape index (κ3) is 4.24. The molecule has 0 atom stereocenters. The number of pyridine rings is 1. The first-order chi connectivity index (χ1) is 11.5. The molecule has 1 aromatic heterocycles. The van der Waals surface area contributed by atoms with E-state index in [2.05, 4.69) is 21.7 Å². The third-order valence-corrected chi connectivity index (χ3v) is 5.39. The molecule has 0 bridgehead atoms. The van der Waals surface area contributed by atoms with Crippen molar-refractivity contribution in [3.63, 3.8) is 0 Å². The van der Waals surface area contributed by atoms with Crippen molar-refractivity contribution in [2.45, 2.75) is 23.8 Å². The van der Waals surface area contributed by atoms with Crippen molar-refractivity contribution >= 4 is 15.7 Å². The lowest BCUT2D eigenvalue weighted by atomic mass is 10.1. The number of hydrogen-bond donors (Lipinski definition) is 1. The van der Waals surface area contributed by atoms with Gasteiger partial charge in [-0.15, -0.1) is 0 Å². The summed E-state index contributed by atoms with van der Waals surface area (Å²) in [5, 5.41) is 0. The van der Waals surface area contributed by atoms with Crippen LogP contribution in [-0.4, -0.2) is 44.5 Å². The van der Waals surface area contributed by atoms with E-state index in [1.807, 2.05) is 0 Å². The summed E-state index contributed by atoms with van der Waals surface area (Å²) in [5.41, 5.74) is 0.412.